The lowest BCUT2D eigenvalue weighted by molar-refractivity contribution is -0.114. The van der Waals surface area contributed by atoms with Gasteiger partial charge in [0.1, 0.15) is 17.2 Å². The standard InChI is InChI=1S/C34H30N4O5S2/c1-3-43-26-15-16-28-30(20-26)45-34(37-28)38-31(39)21-44-27-14-8-12-24(19-27)35-33(41)29(18-22-9-7-13-25(17-22)42-2)36-32(40)23-10-5-4-6-11-23/h4-20H,3,21H2,1-2H3,(H,35,41)(H,36,40)(H,37,38,39)/b29-18-. The molecule has 0 unspecified atom stereocenters. The molecule has 5 aromatic rings. The molecule has 0 spiro atoms. The number of hydrogen-bond acceptors (Lipinski definition) is 8. The number of benzene rings is 4. The molecule has 45 heavy (non-hydrogen) atoms. The second-order valence-corrected chi connectivity index (χ2v) is 11.6. The van der Waals surface area contributed by atoms with Crippen LogP contribution in [0.3, 0.4) is 0 Å². The zero-order valence-corrected chi connectivity index (χ0v) is 26.2. The first kappa shape index (κ1) is 31.3. The summed E-state index contributed by atoms with van der Waals surface area (Å²) in [5.74, 6) is 0.390. The minimum absolute atomic E-state index is 0.0544. The van der Waals surface area contributed by atoms with Gasteiger partial charge in [-0.05, 0) is 79.2 Å². The van der Waals surface area contributed by atoms with Crippen molar-refractivity contribution in [1.29, 1.82) is 0 Å². The normalized spacial score (nSPS) is 11.1. The Kier molecular flexibility index (Phi) is 10.5. The van der Waals surface area contributed by atoms with Crippen LogP contribution < -0.4 is 25.4 Å². The lowest BCUT2D eigenvalue weighted by atomic mass is 10.1. The molecule has 3 amide bonds. The Bertz CT molecular complexity index is 1860. The van der Waals surface area contributed by atoms with Crippen molar-refractivity contribution in [3.05, 3.63) is 114 Å². The van der Waals surface area contributed by atoms with Crippen LogP contribution in [0.5, 0.6) is 11.5 Å². The van der Waals surface area contributed by atoms with E-state index < -0.39 is 11.8 Å². The molecule has 0 aliphatic rings. The number of methoxy groups -OCH3 is 1. The van der Waals surface area contributed by atoms with Crippen molar-refractivity contribution in [2.75, 3.05) is 30.1 Å². The molecular weight excluding hydrogens is 609 g/mol. The molecule has 0 radical (unpaired) electrons. The maximum Gasteiger partial charge on any atom is 0.272 e. The van der Waals surface area contributed by atoms with Crippen molar-refractivity contribution in [3.8, 4) is 11.5 Å². The van der Waals surface area contributed by atoms with E-state index in [0.717, 1.165) is 20.9 Å². The maximum absolute atomic E-state index is 13.4. The first-order chi connectivity index (χ1) is 21.9. The maximum atomic E-state index is 13.4. The van der Waals surface area contributed by atoms with Crippen molar-refractivity contribution >= 4 is 67.9 Å². The van der Waals surface area contributed by atoms with Gasteiger partial charge >= 0.3 is 0 Å². The van der Waals surface area contributed by atoms with Crippen molar-refractivity contribution in [2.24, 2.45) is 0 Å². The van der Waals surface area contributed by atoms with E-state index in [1.807, 2.05) is 37.3 Å². The van der Waals surface area contributed by atoms with E-state index in [-0.39, 0.29) is 17.4 Å². The fourth-order valence-corrected chi connectivity index (χ4v) is 5.89. The fourth-order valence-electron chi connectivity index (χ4n) is 4.22. The Morgan fingerprint density at radius 3 is 2.51 bits per heavy atom. The minimum atomic E-state index is -0.509. The molecule has 9 nitrogen and oxygen atoms in total. The van der Waals surface area contributed by atoms with Gasteiger partial charge in [0.2, 0.25) is 5.91 Å². The molecule has 0 bridgehead atoms. The minimum Gasteiger partial charge on any atom is -0.497 e. The number of amides is 3. The largest absolute Gasteiger partial charge is 0.497 e. The highest BCUT2D eigenvalue weighted by molar-refractivity contribution is 8.00. The van der Waals surface area contributed by atoms with Crippen molar-refractivity contribution < 1.29 is 23.9 Å². The van der Waals surface area contributed by atoms with E-state index in [0.29, 0.717) is 34.3 Å². The molecule has 228 valence electrons. The van der Waals surface area contributed by atoms with Gasteiger partial charge in [-0.15, -0.1) is 11.8 Å². The topological polar surface area (TPSA) is 119 Å². The molecular formula is C34H30N4O5S2. The summed E-state index contributed by atoms with van der Waals surface area (Å²) >= 11 is 2.71. The van der Waals surface area contributed by atoms with E-state index in [9.17, 15) is 14.4 Å². The van der Waals surface area contributed by atoms with Crippen LogP contribution in [-0.2, 0) is 9.59 Å². The van der Waals surface area contributed by atoms with Gasteiger partial charge in [0.15, 0.2) is 5.13 Å². The van der Waals surface area contributed by atoms with E-state index in [2.05, 4.69) is 20.9 Å². The number of anilines is 2. The predicted molar refractivity (Wildman–Crippen MR) is 180 cm³/mol. The third kappa shape index (κ3) is 8.71. The number of aromatic nitrogens is 1. The molecule has 0 saturated heterocycles. The molecule has 5 rings (SSSR count). The first-order valence-corrected chi connectivity index (χ1v) is 15.8. The van der Waals surface area contributed by atoms with Crippen molar-refractivity contribution in [1.82, 2.24) is 10.3 Å². The van der Waals surface area contributed by atoms with Gasteiger partial charge in [-0.1, -0.05) is 47.7 Å². The quantitative estimate of drug-likeness (QED) is 0.101. The number of thiazole rings is 1. The molecule has 0 atom stereocenters. The highest BCUT2D eigenvalue weighted by Gasteiger charge is 2.16. The van der Waals surface area contributed by atoms with Crippen LogP contribution in [0.2, 0.25) is 0 Å². The monoisotopic (exact) mass is 638 g/mol. The highest BCUT2D eigenvalue weighted by Crippen LogP contribution is 2.30. The van der Waals surface area contributed by atoms with Gasteiger partial charge in [0.25, 0.3) is 11.8 Å². The van der Waals surface area contributed by atoms with Gasteiger partial charge in [-0.25, -0.2) is 4.98 Å². The summed E-state index contributed by atoms with van der Waals surface area (Å²) in [6, 6.07) is 28.6. The Labute approximate surface area is 268 Å². The third-order valence-electron chi connectivity index (χ3n) is 6.31. The molecule has 1 aromatic heterocycles. The second-order valence-electron chi connectivity index (χ2n) is 9.56. The zero-order valence-electron chi connectivity index (χ0n) is 24.5. The number of thioether (sulfide) groups is 1. The van der Waals surface area contributed by atoms with E-state index in [1.165, 1.54) is 23.1 Å². The molecule has 0 aliphatic heterocycles. The van der Waals surface area contributed by atoms with Crippen LogP contribution in [0.15, 0.2) is 108 Å². The summed E-state index contributed by atoms with van der Waals surface area (Å²) in [5.41, 5.74) is 2.44. The van der Waals surface area contributed by atoms with E-state index in [4.69, 9.17) is 9.47 Å². The van der Waals surface area contributed by atoms with Crippen LogP contribution in [0.4, 0.5) is 10.8 Å². The lowest BCUT2D eigenvalue weighted by Gasteiger charge is -2.12. The number of hydrogen-bond donors (Lipinski definition) is 3. The molecule has 0 aliphatic carbocycles. The smallest absolute Gasteiger partial charge is 0.272 e. The third-order valence-corrected chi connectivity index (χ3v) is 8.24. The Morgan fingerprint density at radius 1 is 0.889 bits per heavy atom. The molecule has 11 heteroatoms. The average Bonchev–Trinajstić information content (AvgIpc) is 3.45. The molecule has 0 saturated carbocycles. The second kappa shape index (κ2) is 15.0. The number of rotatable bonds is 12. The number of fused-ring (bicyclic) bond motifs is 1. The SMILES string of the molecule is CCOc1ccc2nc(NC(=O)CSc3cccc(NC(=O)/C(=C/c4cccc(OC)c4)NC(=O)c4ccccc4)c3)sc2c1. The number of nitrogens with one attached hydrogen (secondary N) is 3. The Hall–Kier alpha value is -5.13. The van der Waals surface area contributed by atoms with Gasteiger partial charge in [-0.2, -0.15) is 0 Å². The molecule has 4 aromatic carbocycles. The zero-order chi connectivity index (χ0) is 31.6. The number of carbonyl (C=O) groups excluding carboxylic acids is 3. The summed E-state index contributed by atoms with van der Waals surface area (Å²) < 4.78 is 11.8. The van der Waals surface area contributed by atoms with Gasteiger partial charge < -0.3 is 25.4 Å². The molecule has 0 fully saturated rings. The summed E-state index contributed by atoms with van der Waals surface area (Å²) in [6.07, 6.45) is 1.58. The fraction of sp³-hybridized carbons (Fsp3) is 0.118. The number of ether oxygens (including phenoxy) is 2. The van der Waals surface area contributed by atoms with Crippen molar-refractivity contribution in [2.45, 2.75) is 11.8 Å². The first-order valence-electron chi connectivity index (χ1n) is 14.0. The van der Waals surface area contributed by atoms with Crippen LogP contribution >= 0.6 is 23.1 Å². The number of carbonyl (C=O) groups is 3. The van der Waals surface area contributed by atoms with Gasteiger partial charge in [0.05, 0.1) is 29.7 Å². The van der Waals surface area contributed by atoms with Crippen LogP contribution in [-0.4, -0.2) is 42.2 Å². The molecule has 3 N–H and O–H groups in total. The predicted octanol–water partition coefficient (Wildman–Crippen LogP) is 6.84. The number of nitrogens with zero attached hydrogens (tertiary/aromatic N) is 1. The summed E-state index contributed by atoms with van der Waals surface area (Å²) in [6.45, 7) is 2.50. The van der Waals surface area contributed by atoms with Crippen LogP contribution in [0.25, 0.3) is 16.3 Å². The Balaban J connectivity index is 1.24. The highest BCUT2D eigenvalue weighted by atomic mass is 32.2. The lowest BCUT2D eigenvalue weighted by Crippen LogP contribution is -2.30. The van der Waals surface area contributed by atoms with E-state index >= 15 is 0 Å². The van der Waals surface area contributed by atoms with Crippen LogP contribution in [0.1, 0.15) is 22.8 Å². The average molecular weight is 639 g/mol. The molecule has 1 heterocycles. The van der Waals surface area contributed by atoms with Gasteiger partial charge in [0, 0.05) is 16.1 Å². The summed E-state index contributed by atoms with van der Waals surface area (Å²) in [5, 5.41) is 8.96. The van der Waals surface area contributed by atoms with Crippen LogP contribution in [0, 0.1) is 0 Å². The summed E-state index contributed by atoms with van der Waals surface area (Å²) in [4.78, 5) is 44.4. The van der Waals surface area contributed by atoms with Gasteiger partial charge in [-0.3, -0.25) is 14.4 Å². The summed E-state index contributed by atoms with van der Waals surface area (Å²) in [7, 11) is 1.56. The van der Waals surface area contributed by atoms with Crippen molar-refractivity contribution in [3.63, 3.8) is 0 Å². The Morgan fingerprint density at radius 2 is 1.71 bits per heavy atom. The van der Waals surface area contributed by atoms with E-state index in [1.54, 1.807) is 79.9 Å².